The van der Waals surface area contributed by atoms with Gasteiger partial charge in [-0.05, 0) is 36.8 Å². The SMILES string of the molecule is ClC1CCCCCC1CC1Cc2ccccc2O1. The molecule has 0 N–H and O–H groups in total. The Balaban J connectivity index is 1.61. The third-order valence-corrected chi connectivity index (χ3v) is 4.92. The maximum absolute atomic E-state index is 6.52. The van der Waals surface area contributed by atoms with E-state index in [4.69, 9.17) is 16.3 Å². The summed E-state index contributed by atoms with van der Waals surface area (Å²) in [6.07, 6.45) is 9.01. The number of alkyl halides is 1. The third-order valence-electron chi connectivity index (χ3n) is 4.35. The molecule has 1 saturated carbocycles. The zero-order valence-corrected chi connectivity index (χ0v) is 11.5. The summed E-state index contributed by atoms with van der Waals surface area (Å²) < 4.78 is 6.04. The van der Waals surface area contributed by atoms with Gasteiger partial charge in [-0.1, -0.05) is 37.5 Å². The molecule has 0 aromatic heterocycles. The summed E-state index contributed by atoms with van der Waals surface area (Å²) >= 11 is 6.52. The maximum atomic E-state index is 6.52. The van der Waals surface area contributed by atoms with Gasteiger partial charge < -0.3 is 4.74 Å². The molecule has 0 amide bonds. The monoisotopic (exact) mass is 264 g/mol. The Morgan fingerprint density at radius 2 is 1.94 bits per heavy atom. The van der Waals surface area contributed by atoms with E-state index >= 15 is 0 Å². The smallest absolute Gasteiger partial charge is 0.123 e. The molecule has 1 aliphatic heterocycles. The molecular formula is C16H21ClO. The molecule has 3 rings (SSSR count). The molecule has 0 radical (unpaired) electrons. The van der Waals surface area contributed by atoms with E-state index < -0.39 is 0 Å². The third kappa shape index (κ3) is 2.66. The zero-order valence-electron chi connectivity index (χ0n) is 10.8. The van der Waals surface area contributed by atoms with Crippen molar-refractivity contribution in [1.29, 1.82) is 0 Å². The van der Waals surface area contributed by atoms with Crippen LogP contribution in [0.2, 0.25) is 0 Å². The number of ether oxygens (including phenoxy) is 1. The average molecular weight is 265 g/mol. The predicted molar refractivity (Wildman–Crippen MR) is 75.4 cm³/mol. The molecule has 1 aromatic carbocycles. The number of fused-ring (bicyclic) bond motifs is 1. The van der Waals surface area contributed by atoms with E-state index in [0.29, 0.717) is 17.4 Å². The fourth-order valence-electron chi connectivity index (χ4n) is 3.33. The van der Waals surface area contributed by atoms with Gasteiger partial charge in [0.25, 0.3) is 0 Å². The van der Waals surface area contributed by atoms with E-state index in [-0.39, 0.29) is 0 Å². The first-order chi connectivity index (χ1) is 8.83. The normalized spacial score (nSPS) is 31.5. The minimum absolute atomic E-state index is 0.353. The lowest BCUT2D eigenvalue weighted by molar-refractivity contribution is 0.188. The van der Waals surface area contributed by atoms with Crippen LogP contribution in [0.4, 0.5) is 0 Å². The number of benzene rings is 1. The topological polar surface area (TPSA) is 9.23 Å². The van der Waals surface area contributed by atoms with Crippen LogP contribution in [0.25, 0.3) is 0 Å². The number of hydrogen-bond acceptors (Lipinski definition) is 1. The van der Waals surface area contributed by atoms with Crippen molar-refractivity contribution in [3.8, 4) is 5.75 Å². The second-order valence-electron chi connectivity index (χ2n) is 5.70. The fourth-order valence-corrected chi connectivity index (χ4v) is 3.71. The van der Waals surface area contributed by atoms with E-state index in [1.54, 1.807) is 0 Å². The lowest BCUT2D eigenvalue weighted by Gasteiger charge is -2.22. The van der Waals surface area contributed by atoms with Gasteiger partial charge in [0.1, 0.15) is 11.9 Å². The molecule has 1 aliphatic carbocycles. The van der Waals surface area contributed by atoms with Gasteiger partial charge in [0.05, 0.1) is 0 Å². The highest BCUT2D eigenvalue weighted by atomic mass is 35.5. The molecule has 1 heterocycles. The molecule has 3 unspecified atom stereocenters. The molecule has 0 bridgehead atoms. The van der Waals surface area contributed by atoms with Crippen LogP contribution in [0.1, 0.15) is 44.1 Å². The number of rotatable bonds is 2. The second-order valence-corrected chi connectivity index (χ2v) is 6.26. The second kappa shape index (κ2) is 5.52. The number of para-hydroxylation sites is 1. The molecule has 1 aromatic rings. The van der Waals surface area contributed by atoms with Crippen molar-refractivity contribution >= 4 is 11.6 Å². The van der Waals surface area contributed by atoms with Gasteiger partial charge in [-0.3, -0.25) is 0 Å². The fraction of sp³-hybridized carbons (Fsp3) is 0.625. The summed E-state index contributed by atoms with van der Waals surface area (Å²) in [6, 6.07) is 8.42. The predicted octanol–water partition coefficient (Wildman–Crippen LogP) is 4.57. The van der Waals surface area contributed by atoms with Crippen LogP contribution in [0, 0.1) is 5.92 Å². The van der Waals surface area contributed by atoms with Gasteiger partial charge in [0.15, 0.2) is 0 Å². The van der Waals surface area contributed by atoms with E-state index in [2.05, 4.69) is 24.3 Å². The van der Waals surface area contributed by atoms with Crippen LogP contribution < -0.4 is 4.74 Å². The highest BCUT2D eigenvalue weighted by molar-refractivity contribution is 6.20. The molecule has 0 spiro atoms. The maximum Gasteiger partial charge on any atom is 0.123 e. The summed E-state index contributed by atoms with van der Waals surface area (Å²) in [4.78, 5) is 0. The molecule has 98 valence electrons. The molecule has 18 heavy (non-hydrogen) atoms. The Kier molecular flexibility index (Phi) is 3.79. The van der Waals surface area contributed by atoms with Gasteiger partial charge in [0, 0.05) is 11.8 Å². The van der Waals surface area contributed by atoms with Gasteiger partial charge in [-0.15, -0.1) is 11.6 Å². The van der Waals surface area contributed by atoms with Crippen LogP contribution >= 0.6 is 11.6 Å². The first kappa shape index (κ1) is 12.3. The van der Waals surface area contributed by atoms with Crippen molar-refractivity contribution in [2.75, 3.05) is 0 Å². The van der Waals surface area contributed by atoms with Crippen LogP contribution in [-0.4, -0.2) is 11.5 Å². The Labute approximate surface area is 114 Å². The van der Waals surface area contributed by atoms with Crippen LogP contribution in [0.3, 0.4) is 0 Å². The van der Waals surface area contributed by atoms with E-state index in [1.165, 1.54) is 37.7 Å². The lowest BCUT2D eigenvalue weighted by atomic mass is 9.92. The summed E-state index contributed by atoms with van der Waals surface area (Å²) in [5, 5.41) is 0.361. The minimum Gasteiger partial charge on any atom is -0.490 e. The first-order valence-corrected chi connectivity index (χ1v) is 7.65. The Bertz CT molecular complexity index is 379. The number of hydrogen-bond donors (Lipinski definition) is 0. The summed E-state index contributed by atoms with van der Waals surface area (Å²) in [7, 11) is 0. The van der Waals surface area contributed by atoms with Gasteiger partial charge in [0.2, 0.25) is 0 Å². The zero-order chi connectivity index (χ0) is 12.4. The highest BCUT2D eigenvalue weighted by Gasteiger charge is 2.29. The average Bonchev–Trinajstić information content (AvgIpc) is 2.68. The van der Waals surface area contributed by atoms with Crippen LogP contribution in [0.15, 0.2) is 24.3 Å². The van der Waals surface area contributed by atoms with Crippen LogP contribution in [-0.2, 0) is 6.42 Å². The van der Waals surface area contributed by atoms with Crippen LogP contribution in [0.5, 0.6) is 5.75 Å². The molecular weight excluding hydrogens is 244 g/mol. The summed E-state index contributed by atoms with van der Waals surface area (Å²) in [5.41, 5.74) is 1.36. The highest BCUT2D eigenvalue weighted by Crippen LogP contribution is 2.36. The molecule has 3 atom stereocenters. The van der Waals surface area contributed by atoms with Crippen molar-refractivity contribution in [3.63, 3.8) is 0 Å². The quantitative estimate of drug-likeness (QED) is 0.562. The van der Waals surface area contributed by atoms with E-state index in [9.17, 15) is 0 Å². The summed E-state index contributed by atoms with van der Waals surface area (Å²) in [5.74, 6) is 1.73. The van der Waals surface area contributed by atoms with Crippen molar-refractivity contribution < 1.29 is 4.74 Å². The van der Waals surface area contributed by atoms with Crippen molar-refractivity contribution in [2.24, 2.45) is 5.92 Å². The van der Waals surface area contributed by atoms with Crippen molar-refractivity contribution in [3.05, 3.63) is 29.8 Å². The van der Waals surface area contributed by atoms with E-state index in [1.807, 2.05) is 0 Å². The molecule has 1 fully saturated rings. The van der Waals surface area contributed by atoms with Gasteiger partial charge in [-0.25, -0.2) is 0 Å². The molecule has 2 aliphatic rings. The Hall–Kier alpha value is -0.690. The standard InChI is InChI=1S/C16H21ClO/c17-15-8-3-1-2-6-12(15)10-14-11-13-7-4-5-9-16(13)18-14/h4-5,7,9,12,14-15H,1-3,6,8,10-11H2. The largest absolute Gasteiger partial charge is 0.490 e. The molecule has 2 heteroatoms. The van der Waals surface area contributed by atoms with Crippen molar-refractivity contribution in [2.45, 2.75) is 56.4 Å². The minimum atomic E-state index is 0.353. The lowest BCUT2D eigenvalue weighted by Crippen LogP contribution is -2.23. The number of halogens is 1. The summed E-state index contributed by atoms with van der Waals surface area (Å²) in [6.45, 7) is 0. The Morgan fingerprint density at radius 3 is 2.83 bits per heavy atom. The molecule has 1 nitrogen and oxygen atoms in total. The Morgan fingerprint density at radius 1 is 1.11 bits per heavy atom. The first-order valence-electron chi connectivity index (χ1n) is 7.21. The molecule has 0 saturated heterocycles. The van der Waals surface area contributed by atoms with Gasteiger partial charge in [-0.2, -0.15) is 0 Å². The van der Waals surface area contributed by atoms with Crippen molar-refractivity contribution in [1.82, 2.24) is 0 Å². The van der Waals surface area contributed by atoms with Gasteiger partial charge >= 0.3 is 0 Å². The van der Waals surface area contributed by atoms with E-state index in [0.717, 1.165) is 18.6 Å².